The van der Waals surface area contributed by atoms with E-state index >= 15 is 0 Å². The molecule has 0 spiro atoms. The molecule has 1 aliphatic rings. The summed E-state index contributed by atoms with van der Waals surface area (Å²) in [5, 5.41) is 0. The zero-order valence-corrected chi connectivity index (χ0v) is 11.7. The van der Waals surface area contributed by atoms with Crippen LogP contribution < -0.4 is 5.73 Å². The molecule has 20 heavy (non-hydrogen) atoms. The summed E-state index contributed by atoms with van der Waals surface area (Å²) in [6.45, 7) is 3.82. The van der Waals surface area contributed by atoms with Gasteiger partial charge in [0.25, 0.3) is 0 Å². The fraction of sp³-hybridized carbons (Fsp3) is 0.353. The van der Waals surface area contributed by atoms with Crippen molar-refractivity contribution in [3.8, 4) is 0 Å². The van der Waals surface area contributed by atoms with Crippen LogP contribution in [0, 0.1) is 0 Å². The molecule has 1 fully saturated rings. The number of nitrogens with zero attached hydrogens (tertiary/aromatic N) is 2. The van der Waals surface area contributed by atoms with Gasteiger partial charge in [-0.15, -0.1) is 0 Å². The fourth-order valence-electron chi connectivity index (χ4n) is 2.97. The number of rotatable bonds is 4. The summed E-state index contributed by atoms with van der Waals surface area (Å²) in [6, 6.07) is 15.1. The van der Waals surface area contributed by atoms with Crippen molar-refractivity contribution in [1.82, 2.24) is 9.88 Å². The number of pyridine rings is 1. The monoisotopic (exact) mass is 267 g/mol. The number of hydrogen-bond donors (Lipinski definition) is 1. The van der Waals surface area contributed by atoms with Gasteiger partial charge in [0.1, 0.15) is 0 Å². The Hall–Kier alpha value is -1.71. The second-order valence-electron chi connectivity index (χ2n) is 5.49. The highest BCUT2D eigenvalue weighted by molar-refractivity contribution is 5.22. The molecule has 1 atom stereocenters. The van der Waals surface area contributed by atoms with Crippen LogP contribution in [0.25, 0.3) is 0 Å². The second kappa shape index (κ2) is 6.16. The van der Waals surface area contributed by atoms with Gasteiger partial charge in [-0.25, -0.2) is 0 Å². The van der Waals surface area contributed by atoms with Gasteiger partial charge >= 0.3 is 0 Å². The van der Waals surface area contributed by atoms with Crippen LogP contribution in [-0.4, -0.2) is 23.0 Å². The molecule has 1 aliphatic heterocycles. The van der Waals surface area contributed by atoms with Gasteiger partial charge in [0.2, 0.25) is 0 Å². The molecule has 1 aromatic heterocycles. The highest BCUT2D eigenvalue weighted by Gasteiger charge is 2.23. The van der Waals surface area contributed by atoms with Gasteiger partial charge in [0.05, 0.1) is 5.69 Å². The number of hydrogen-bond acceptors (Lipinski definition) is 3. The number of benzene rings is 1. The minimum Gasteiger partial charge on any atom is -0.325 e. The van der Waals surface area contributed by atoms with Gasteiger partial charge in [-0.1, -0.05) is 30.3 Å². The molecule has 0 saturated carbocycles. The lowest BCUT2D eigenvalue weighted by Crippen LogP contribution is -2.20. The van der Waals surface area contributed by atoms with E-state index in [1.807, 2.05) is 6.20 Å². The zero-order chi connectivity index (χ0) is 13.8. The SMILES string of the molecule is NCc1cc(CN2CCC(c3ccccc3)C2)ccn1. The Kier molecular flexibility index (Phi) is 4.09. The van der Waals surface area contributed by atoms with E-state index in [0.29, 0.717) is 12.5 Å². The molecule has 2 heterocycles. The van der Waals surface area contributed by atoms with E-state index in [-0.39, 0.29) is 0 Å². The number of nitrogens with two attached hydrogens (primary N) is 1. The van der Waals surface area contributed by atoms with Crippen LogP contribution in [0.1, 0.15) is 29.2 Å². The van der Waals surface area contributed by atoms with E-state index in [4.69, 9.17) is 5.73 Å². The Morgan fingerprint density at radius 2 is 2.05 bits per heavy atom. The molecule has 3 heteroatoms. The van der Waals surface area contributed by atoms with Gasteiger partial charge in [0.15, 0.2) is 0 Å². The van der Waals surface area contributed by atoms with Crippen LogP contribution in [0.5, 0.6) is 0 Å². The molecule has 3 rings (SSSR count). The predicted molar refractivity (Wildman–Crippen MR) is 81.2 cm³/mol. The van der Waals surface area contributed by atoms with Gasteiger partial charge in [0, 0.05) is 25.8 Å². The summed E-state index contributed by atoms with van der Waals surface area (Å²) in [5.74, 6) is 0.673. The summed E-state index contributed by atoms with van der Waals surface area (Å²) in [5.41, 5.74) is 9.40. The Balaban J connectivity index is 1.63. The minimum absolute atomic E-state index is 0.514. The van der Waals surface area contributed by atoms with Gasteiger partial charge < -0.3 is 5.73 Å². The average molecular weight is 267 g/mol. The Bertz CT molecular complexity index is 553. The van der Waals surface area contributed by atoms with Crippen molar-refractivity contribution in [2.75, 3.05) is 13.1 Å². The molecule has 2 aromatic rings. The van der Waals surface area contributed by atoms with E-state index in [2.05, 4.69) is 52.3 Å². The molecule has 2 N–H and O–H groups in total. The van der Waals surface area contributed by atoms with E-state index in [1.165, 1.54) is 24.1 Å². The molecule has 0 aliphatic carbocycles. The van der Waals surface area contributed by atoms with Crippen molar-refractivity contribution in [1.29, 1.82) is 0 Å². The van der Waals surface area contributed by atoms with Gasteiger partial charge in [-0.2, -0.15) is 0 Å². The number of aromatic nitrogens is 1. The lowest BCUT2D eigenvalue weighted by Gasteiger charge is -2.16. The van der Waals surface area contributed by atoms with Crippen molar-refractivity contribution >= 4 is 0 Å². The third-order valence-corrected chi connectivity index (χ3v) is 4.04. The van der Waals surface area contributed by atoms with Crippen LogP contribution in [-0.2, 0) is 13.1 Å². The third-order valence-electron chi connectivity index (χ3n) is 4.04. The standard InChI is InChI=1S/C17H21N3/c18-11-17-10-14(6-8-19-17)12-20-9-7-16(13-20)15-4-2-1-3-5-15/h1-6,8,10,16H,7,9,11-13,18H2. The largest absolute Gasteiger partial charge is 0.325 e. The quantitative estimate of drug-likeness (QED) is 0.925. The first-order valence-electron chi connectivity index (χ1n) is 7.26. The number of likely N-dealkylation sites (tertiary alicyclic amines) is 1. The lowest BCUT2D eigenvalue weighted by molar-refractivity contribution is 0.326. The van der Waals surface area contributed by atoms with Crippen molar-refractivity contribution in [3.63, 3.8) is 0 Å². The molecule has 3 nitrogen and oxygen atoms in total. The molecule has 0 radical (unpaired) electrons. The predicted octanol–water partition coefficient (Wildman–Crippen LogP) is 2.53. The summed E-state index contributed by atoms with van der Waals surface area (Å²) < 4.78 is 0. The first-order valence-corrected chi connectivity index (χ1v) is 7.26. The normalized spacial score (nSPS) is 19.4. The molecule has 1 saturated heterocycles. The van der Waals surface area contributed by atoms with Crippen molar-refractivity contribution < 1.29 is 0 Å². The summed E-state index contributed by atoms with van der Waals surface area (Å²) in [6.07, 6.45) is 3.11. The first-order chi connectivity index (χ1) is 9.85. The lowest BCUT2D eigenvalue weighted by atomic mass is 9.99. The second-order valence-corrected chi connectivity index (χ2v) is 5.49. The van der Waals surface area contributed by atoms with Crippen molar-refractivity contribution in [2.24, 2.45) is 5.73 Å². The highest BCUT2D eigenvalue weighted by atomic mass is 15.1. The smallest absolute Gasteiger partial charge is 0.0542 e. The molecule has 104 valence electrons. The summed E-state index contributed by atoms with van der Waals surface area (Å²) in [7, 11) is 0. The van der Waals surface area contributed by atoms with Gasteiger partial charge in [-0.3, -0.25) is 9.88 Å². The van der Waals surface area contributed by atoms with Crippen molar-refractivity contribution in [3.05, 3.63) is 65.5 Å². The molecular formula is C17H21N3. The summed E-state index contributed by atoms with van der Waals surface area (Å²) in [4.78, 5) is 6.77. The molecular weight excluding hydrogens is 246 g/mol. The average Bonchev–Trinajstić information content (AvgIpc) is 2.97. The fourth-order valence-corrected chi connectivity index (χ4v) is 2.97. The zero-order valence-electron chi connectivity index (χ0n) is 11.7. The van der Waals surface area contributed by atoms with Crippen LogP contribution in [0.4, 0.5) is 0 Å². The van der Waals surface area contributed by atoms with Crippen LogP contribution in [0.15, 0.2) is 48.7 Å². The minimum atomic E-state index is 0.514. The topological polar surface area (TPSA) is 42.1 Å². The Labute approximate surface area is 120 Å². The van der Waals surface area contributed by atoms with E-state index < -0.39 is 0 Å². The van der Waals surface area contributed by atoms with Crippen molar-refractivity contribution in [2.45, 2.75) is 25.4 Å². The molecule has 1 aromatic carbocycles. The maximum Gasteiger partial charge on any atom is 0.0542 e. The van der Waals surface area contributed by atoms with E-state index in [9.17, 15) is 0 Å². The highest BCUT2D eigenvalue weighted by Crippen LogP contribution is 2.27. The third kappa shape index (κ3) is 3.06. The Morgan fingerprint density at radius 1 is 1.20 bits per heavy atom. The molecule has 0 amide bonds. The van der Waals surface area contributed by atoms with Crippen LogP contribution in [0.3, 0.4) is 0 Å². The van der Waals surface area contributed by atoms with Crippen LogP contribution in [0.2, 0.25) is 0 Å². The maximum absolute atomic E-state index is 5.65. The maximum atomic E-state index is 5.65. The van der Waals surface area contributed by atoms with Crippen LogP contribution >= 0.6 is 0 Å². The van der Waals surface area contributed by atoms with Gasteiger partial charge in [-0.05, 0) is 42.1 Å². The van der Waals surface area contributed by atoms with E-state index in [0.717, 1.165) is 18.8 Å². The summed E-state index contributed by atoms with van der Waals surface area (Å²) >= 11 is 0. The molecule has 0 bridgehead atoms. The Morgan fingerprint density at radius 3 is 2.85 bits per heavy atom. The van der Waals surface area contributed by atoms with E-state index in [1.54, 1.807) is 0 Å². The first kappa shape index (κ1) is 13.3. The molecule has 1 unspecified atom stereocenters.